The molecule has 3 nitrogen and oxygen atoms in total. The average Bonchev–Trinajstić information content (AvgIpc) is 2.38. The van der Waals surface area contributed by atoms with Crippen LogP contribution >= 0.6 is 0 Å². The summed E-state index contributed by atoms with van der Waals surface area (Å²) in [5, 5.41) is 2.95. The molecule has 2 rings (SSSR count). The van der Waals surface area contributed by atoms with Gasteiger partial charge in [-0.3, -0.25) is 4.79 Å². The third-order valence-corrected chi connectivity index (χ3v) is 3.33. The molecular weight excluding hydrogens is 248 g/mol. The quantitative estimate of drug-likeness (QED) is 0.894. The Balaban J connectivity index is 2.28. The molecule has 0 spiro atoms. The van der Waals surface area contributed by atoms with Crippen LogP contribution in [0.15, 0.2) is 42.5 Å². The minimum Gasteiger partial charge on any atom is -0.324 e. The maximum Gasteiger partial charge on any atom is 0.255 e. The number of para-hydroxylation sites is 1. The highest BCUT2D eigenvalue weighted by Crippen LogP contribution is 2.22. The van der Waals surface area contributed by atoms with Gasteiger partial charge in [-0.1, -0.05) is 35.9 Å². The van der Waals surface area contributed by atoms with E-state index in [1.807, 2.05) is 63.2 Å². The molecule has 2 aromatic rings. The normalized spacial score (nSPS) is 12.0. The lowest BCUT2D eigenvalue weighted by Crippen LogP contribution is -2.16. The highest BCUT2D eigenvalue weighted by Gasteiger charge is 2.12. The summed E-state index contributed by atoms with van der Waals surface area (Å²) in [6, 6.07) is 13.3. The molecule has 20 heavy (non-hydrogen) atoms. The molecule has 1 amide bonds. The second-order valence-corrected chi connectivity index (χ2v) is 5.15. The van der Waals surface area contributed by atoms with E-state index >= 15 is 0 Å². The van der Waals surface area contributed by atoms with Crippen molar-refractivity contribution in [3.8, 4) is 0 Å². The van der Waals surface area contributed by atoms with E-state index in [0.717, 1.165) is 22.4 Å². The van der Waals surface area contributed by atoms with E-state index in [-0.39, 0.29) is 11.9 Å². The van der Waals surface area contributed by atoms with Gasteiger partial charge in [0, 0.05) is 17.3 Å². The third-order valence-electron chi connectivity index (χ3n) is 3.33. The fourth-order valence-corrected chi connectivity index (χ4v) is 2.27. The van der Waals surface area contributed by atoms with Gasteiger partial charge in [0.25, 0.3) is 5.91 Å². The average molecular weight is 268 g/mol. The Hall–Kier alpha value is -2.13. The van der Waals surface area contributed by atoms with Gasteiger partial charge in [-0.25, -0.2) is 0 Å². The minimum absolute atomic E-state index is 0.101. The number of hydrogen-bond donors (Lipinski definition) is 2. The fraction of sp³-hybridized carbons (Fsp3) is 0.235. The SMILES string of the molecule is Cc1ccc(C(=O)Nc2ccccc2C(C)N)c(C)c1. The molecule has 2 aromatic carbocycles. The first kappa shape index (κ1) is 14.3. The van der Waals surface area contributed by atoms with Gasteiger partial charge in [0.2, 0.25) is 0 Å². The van der Waals surface area contributed by atoms with Gasteiger partial charge in [0.15, 0.2) is 0 Å². The Kier molecular flexibility index (Phi) is 4.20. The van der Waals surface area contributed by atoms with E-state index in [0.29, 0.717) is 5.56 Å². The summed E-state index contributed by atoms with van der Waals surface area (Å²) in [6.07, 6.45) is 0. The van der Waals surface area contributed by atoms with Crippen molar-refractivity contribution in [2.75, 3.05) is 5.32 Å². The monoisotopic (exact) mass is 268 g/mol. The molecule has 0 fully saturated rings. The maximum atomic E-state index is 12.4. The lowest BCUT2D eigenvalue weighted by Gasteiger charge is -2.14. The van der Waals surface area contributed by atoms with Crippen molar-refractivity contribution in [1.82, 2.24) is 0 Å². The van der Waals surface area contributed by atoms with Crippen LogP contribution in [0.1, 0.15) is 40.0 Å². The smallest absolute Gasteiger partial charge is 0.255 e. The van der Waals surface area contributed by atoms with Crippen molar-refractivity contribution in [2.24, 2.45) is 5.73 Å². The second-order valence-electron chi connectivity index (χ2n) is 5.15. The molecule has 0 bridgehead atoms. The van der Waals surface area contributed by atoms with Crippen LogP contribution in [-0.2, 0) is 0 Å². The summed E-state index contributed by atoms with van der Waals surface area (Å²) in [5.74, 6) is -0.101. The number of rotatable bonds is 3. The van der Waals surface area contributed by atoms with Gasteiger partial charge in [-0.05, 0) is 44.0 Å². The van der Waals surface area contributed by atoms with E-state index in [1.54, 1.807) is 0 Å². The van der Waals surface area contributed by atoms with E-state index in [2.05, 4.69) is 5.32 Å². The Bertz CT molecular complexity index is 633. The van der Waals surface area contributed by atoms with Gasteiger partial charge in [0.05, 0.1) is 0 Å². The standard InChI is InChI=1S/C17H20N2O/c1-11-8-9-14(12(2)10-11)17(20)19-16-7-5-4-6-15(16)13(3)18/h4-10,13H,18H2,1-3H3,(H,19,20). The number of benzene rings is 2. The van der Waals surface area contributed by atoms with Crippen molar-refractivity contribution < 1.29 is 4.79 Å². The predicted molar refractivity (Wildman–Crippen MR) is 82.9 cm³/mol. The lowest BCUT2D eigenvalue weighted by molar-refractivity contribution is 0.102. The number of nitrogens with two attached hydrogens (primary N) is 1. The Morgan fingerprint density at radius 1 is 1.15 bits per heavy atom. The zero-order valence-electron chi connectivity index (χ0n) is 12.1. The van der Waals surface area contributed by atoms with E-state index in [4.69, 9.17) is 5.73 Å². The first-order valence-electron chi connectivity index (χ1n) is 6.72. The minimum atomic E-state index is -0.120. The van der Waals surface area contributed by atoms with Crippen molar-refractivity contribution in [3.63, 3.8) is 0 Å². The van der Waals surface area contributed by atoms with Crippen LogP contribution in [0.2, 0.25) is 0 Å². The molecule has 0 radical (unpaired) electrons. The van der Waals surface area contributed by atoms with Crippen molar-refractivity contribution >= 4 is 11.6 Å². The summed E-state index contributed by atoms with van der Waals surface area (Å²) >= 11 is 0. The maximum absolute atomic E-state index is 12.4. The summed E-state index contributed by atoms with van der Waals surface area (Å²) < 4.78 is 0. The predicted octanol–water partition coefficient (Wildman–Crippen LogP) is 3.58. The number of nitrogens with one attached hydrogen (secondary N) is 1. The van der Waals surface area contributed by atoms with Crippen LogP contribution in [0.5, 0.6) is 0 Å². The first-order chi connectivity index (χ1) is 9.49. The lowest BCUT2D eigenvalue weighted by atomic mass is 10.0. The van der Waals surface area contributed by atoms with Crippen LogP contribution in [0, 0.1) is 13.8 Å². The molecule has 0 aliphatic rings. The van der Waals surface area contributed by atoms with Crippen LogP contribution in [-0.4, -0.2) is 5.91 Å². The number of hydrogen-bond acceptors (Lipinski definition) is 2. The number of aryl methyl sites for hydroxylation is 2. The number of anilines is 1. The van der Waals surface area contributed by atoms with E-state index in [9.17, 15) is 4.79 Å². The molecule has 3 N–H and O–H groups in total. The molecule has 0 aliphatic carbocycles. The topological polar surface area (TPSA) is 55.1 Å². The van der Waals surface area contributed by atoms with E-state index in [1.165, 1.54) is 0 Å². The molecule has 3 heteroatoms. The number of carbonyl (C=O) groups excluding carboxylic acids is 1. The number of amides is 1. The summed E-state index contributed by atoms with van der Waals surface area (Å²) in [6.45, 7) is 5.86. The molecule has 1 atom stereocenters. The Labute approximate surface area is 119 Å². The molecule has 0 saturated heterocycles. The van der Waals surface area contributed by atoms with Gasteiger partial charge >= 0.3 is 0 Å². The molecule has 0 aromatic heterocycles. The van der Waals surface area contributed by atoms with Crippen LogP contribution in [0.3, 0.4) is 0 Å². The van der Waals surface area contributed by atoms with Gasteiger partial charge < -0.3 is 11.1 Å². The second kappa shape index (κ2) is 5.88. The summed E-state index contributed by atoms with van der Waals surface area (Å²) in [5.41, 5.74) is 10.4. The zero-order valence-corrected chi connectivity index (χ0v) is 12.1. The highest BCUT2D eigenvalue weighted by atomic mass is 16.1. The molecule has 104 valence electrons. The van der Waals surface area contributed by atoms with Gasteiger partial charge in [0.1, 0.15) is 0 Å². The fourth-order valence-electron chi connectivity index (χ4n) is 2.27. The number of carbonyl (C=O) groups is 1. The summed E-state index contributed by atoms with van der Waals surface area (Å²) in [7, 11) is 0. The Morgan fingerprint density at radius 2 is 1.85 bits per heavy atom. The van der Waals surface area contributed by atoms with E-state index < -0.39 is 0 Å². The van der Waals surface area contributed by atoms with Crippen LogP contribution in [0.4, 0.5) is 5.69 Å². The molecule has 0 heterocycles. The van der Waals surface area contributed by atoms with Crippen molar-refractivity contribution in [3.05, 3.63) is 64.7 Å². The summed E-state index contributed by atoms with van der Waals surface area (Å²) in [4.78, 5) is 12.4. The highest BCUT2D eigenvalue weighted by molar-refractivity contribution is 6.05. The van der Waals surface area contributed by atoms with Crippen molar-refractivity contribution in [2.45, 2.75) is 26.8 Å². The van der Waals surface area contributed by atoms with Crippen LogP contribution < -0.4 is 11.1 Å². The molecule has 0 saturated carbocycles. The zero-order chi connectivity index (χ0) is 14.7. The Morgan fingerprint density at radius 3 is 2.50 bits per heavy atom. The van der Waals surface area contributed by atoms with Crippen LogP contribution in [0.25, 0.3) is 0 Å². The molecular formula is C17H20N2O. The van der Waals surface area contributed by atoms with Gasteiger partial charge in [-0.15, -0.1) is 0 Å². The largest absolute Gasteiger partial charge is 0.324 e. The first-order valence-corrected chi connectivity index (χ1v) is 6.72. The molecule has 1 unspecified atom stereocenters. The van der Waals surface area contributed by atoms with Gasteiger partial charge in [-0.2, -0.15) is 0 Å². The van der Waals surface area contributed by atoms with Crippen molar-refractivity contribution in [1.29, 1.82) is 0 Å². The molecule has 0 aliphatic heterocycles. The third kappa shape index (κ3) is 3.06.